The van der Waals surface area contributed by atoms with Gasteiger partial charge in [-0.3, -0.25) is 9.69 Å². The maximum atomic E-state index is 15.2. The number of ether oxygens (including phenoxy) is 1. The summed E-state index contributed by atoms with van der Waals surface area (Å²) in [6, 6.07) is 12.1. The number of nitrogens with one attached hydrogen (secondary N) is 1. The number of anilines is 1. The van der Waals surface area contributed by atoms with Crippen LogP contribution in [0.3, 0.4) is 0 Å². The molecule has 8 nitrogen and oxygen atoms in total. The van der Waals surface area contributed by atoms with Crippen molar-refractivity contribution in [3.63, 3.8) is 0 Å². The summed E-state index contributed by atoms with van der Waals surface area (Å²) < 4.78 is 26.7. The van der Waals surface area contributed by atoms with E-state index in [1.807, 2.05) is 6.07 Å². The summed E-state index contributed by atoms with van der Waals surface area (Å²) in [4.78, 5) is 30.5. The van der Waals surface area contributed by atoms with Crippen molar-refractivity contribution in [3.05, 3.63) is 53.8 Å². The molecule has 0 saturated carbocycles. The van der Waals surface area contributed by atoms with Crippen molar-refractivity contribution in [2.75, 3.05) is 37.1 Å². The van der Waals surface area contributed by atoms with Crippen molar-refractivity contribution < 1.29 is 27.7 Å². The molecule has 1 saturated heterocycles. The third-order valence-electron chi connectivity index (χ3n) is 7.00. The quantitative estimate of drug-likeness (QED) is 0.490. The smallest absolute Gasteiger partial charge is 0.414 e. The first-order valence-corrected chi connectivity index (χ1v) is 14.9. The number of amides is 2. The van der Waals surface area contributed by atoms with E-state index in [4.69, 9.17) is 13.8 Å². The Hall–Kier alpha value is -3.11. The summed E-state index contributed by atoms with van der Waals surface area (Å²) in [7, 11) is -1.27. The predicted molar refractivity (Wildman–Crippen MR) is 149 cm³/mol. The van der Waals surface area contributed by atoms with Crippen molar-refractivity contribution in [1.82, 2.24) is 5.32 Å². The minimum atomic E-state index is -1.27. The van der Waals surface area contributed by atoms with Crippen molar-refractivity contribution >= 4 is 33.7 Å². The zero-order chi connectivity index (χ0) is 27.7. The van der Waals surface area contributed by atoms with Gasteiger partial charge >= 0.3 is 6.09 Å². The SMILES string of the molecule is CC(=O)NCC1CN(c2ccc(-c3ccc(C4=NOC(COS(C)(C)C(C)(C)C)C4)cc3F)cc2)C(=O)O1. The molecule has 10 heteroatoms. The second-order valence-electron chi connectivity index (χ2n) is 10.9. The number of hydrogen-bond acceptors (Lipinski definition) is 6. The van der Waals surface area contributed by atoms with E-state index in [1.54, 1.807) is 30.3 Å². The molecular formula is C28H36FN3O5S. The summed E-state index contributed by atoms with van der Waals surface area (Å²) >= 11 is 0. The molecule has 1 N–H and O–H groups in total. The average molecular weight is 546 g/mol. The van der Waals surface area contributed by atoms with Gasteiger partial charge in [-0.25, -0.2) is 9.18 Å². The molecule has 1 fully saturated rings. The topological polar surface area (TPSA) is 89.5 Å². The molecule has 2 aliphatic rings. The third-order valence-corrected chi connectivity index (χ3v) is 10.7. The molecule has 4 rings (SSSR count). The molecule has 2 unspecified atom stereocenters. The maximum absolute atomic E-state index is 15.2. The van der Waals surface area contributed by atoms with Gasteiger partial charge in [-0.1, -0.05) is 50.2 Å². The molecule has 2 aliphatic heterocycles. The Morgan fingerprint density at radius 3 is 2.47 bits per heavy atom. The number of carbonyl (C=O) groups is 2. The van der Waals surface area contributed by atoms with E-state index in [9.17, 15) is 9.59 Å². The minimum Gasteiger partial charge on any atom is -0.442 e. The normalized spacial score (nSPS) is 20.1. The van der Waals surface area contributed by atoms with E-state index in [0.717, 1.165) is 0 Å². The van der Waals surface area contributed by atoms with Gasteiger partial charge in [-0.15, -0.1) is 10.3 Å². The highest BCUT2D eigenvalue weighted by Crippen LogP contribution is 2.53. The van der Waals surface area contributed by atoms with Crippen LogP contribution >= 0.6 is 10.3 Å². The average Bonchev–Trinajstić information content (AvgIpc) is 3.47. The second kappa shape index (κ2) is 10.9. The third kappa shape index (κ3) is 6.30. The van der Waals surface area contributed by atoms with Crippen LogP contribution in [-0.4, -0.2) is 66.9 Å². The number of benzene rings is 2. The van der Waals surface area contributed by atoms with Gasteiger partial charge in [0.2, 0.25) is 5.91 Å². The molecule has 2 atom stereocenters. The lowest BCUT2D eigenvalue weighted by Crippen LogP contribution is -2.33. The molecule has 2 aromatic carbocycles. The van der Waals surface area contributed by atoms with E-state index < -0.39 is 22.5 Å². The van der Waals surface area contributed by atoms with Crippen LogP contribution in [0, 0.1) is 5.82 Å². The molecule has 2 heterocycles. The fourth-order valence-corrected chi connectivity index (χ4v) is 4.80. The standard InChI is InChI=1S/C28H36FN3O5S/c1-18(33)30-15-23-16-32(27(34)36-23)21-10-7-19(8-11-21)24-12-9-20(13-25(24)29)26-14-22(37-31-26)17-35-38(5,6)28(2,3)4/h7-13,22-23H,14-17H2,1-6H3,(H,30,33). The number of cyclic esters (lactones) is 1. The lowest BCUT2D eigenvalue weighted by atomic mass is 9.99. The first kappa shape index (κ1) is 27.9. The fourth-order valence-electron chi connectivity index (χ4n) is 3.96. The molecule has 2 amide bonds. The number of rotatable bonds is 8. The fraction of sp³-hybridized carbons (Fsp3) is 0.464. The highest BCUT2D eigenvalue weighted by atomic mass is 32.3. The molecule has 206 valence electrons. The number of oxime groups is 1. The zero-order valence-electron chi connectivity index (χ0n) is 22.7. The van der Waals surface area contributed by atoms with Gasteiger partial charge in [0.05, 0.1) is 25.4 Å². The van der Waals surface area contributed by atoms with Crippen molar-refractivity contribution in [3.8, 4) is 11.1 Å². The Balaban J connectivity index is 1.37. The Bertz CT molecular complexity index is 1230. The molecular weight excluding hydrogens is 509 g/mol. The van der Waals surface area contributed by atoms with Crippen molar-refractivity contribution in [1.29, 1.82) is 0 Å². The van der Waals surface area contributed by atoms with Crippen LogP contribution in [0.2, 0.25) is 0 Å². The van der Waals surface area contributed by atoms with Crippen LogP contribution in [0.5, 0.6) is 0 Å². The van der Waals surface area contributed by atoms with Crippen LogP contribution in [0.1, 0.15) is 39.7 Å². The highest BCUT2D eigenvalue weighted by molar-refractivity contribution is 8.29. The number of halogens is 1. The highest BCUT2D eigenvalue weighted by Gasteiger charge is 2.33. The first-order chi connectivity index (χ1) is 17.8. The molecule has 38 heavy (non-hydrogen) atoms. The monoisotopic (exact) mass is 545 g/mol. The van der Waals surface area contributed by atoms with Gasteiger partial charge < -0.3 is 19.1 Å². The second-order valence-corrected chi connectivity index (χ2v) is 14.8. The van der Waals surface area contributed by atoms with E-state index in [1.165, 1.54) is 17.9 Å². The predicted octanol–water partition coefficient (Wildman–Crippen LogP) is 5.24. The van der Waals surface area contributed by atoms with Crippen molar-refractivity contribution in [2.45, 2.75) is 51.1 Å². The molecule has 2 aromatic rings. The van der Waals surface area contributed by atoms with Gasteiger partial charge in [-0.05, 0) is 36.3 Å². The van der Waals surface area contributed by atoms with Crippen LogP contribution in [-0.2, 0) is 18.6 Å². The van der Waals surface area contributed by atoms with Crippen LogP contribution in [0.4, 0.5) is 14.9 Å². The maximum Gasteiger partial charge on any atom is 0.414 e. The Morgan fingerprint density at radius 1 is 1.16 bits per heavy atom. The van der Waals surface area contributed by atoms with E-state index in [0.29, 0.717) is 47.7 Å². The van der Waals surface area contributed by atoms with Gasteiger partial charge in [0.15, 0.2) is 6.10 Å². The zero-order valence-corrected chi connectivity index (χ0v) is 23.6. The summed E-state index contributed by atoms with van der Waals surface area (Å²) in [5.74, 6) is -0.550. The van der Waals surface area contributed by atoms with Gasteiger partial charge in [0.1, 0.15) is 11.9 Å². The molecule has 0 radical (unpaired) electrons. The first-order valence-electron chi connectivity index (χ1n) is 12.6. The number of hydrogen-bond donors (Lipinski definition) is 1. The van der Waals surface area contributed by atoms with Gasteiger partial charge in [-0.2, -0.15) is 0 Å². The molecule has 0 aliphatic carbocycles. The van der Waals surface area contributed by atoms with Gasteiger partial charge in [0.25, 0.3) is 0 Å². The van der Waals surface area contributed by atoms with E-state index in [2.05, 4.69) is 43.8 Å². The largest absolute Gasteiger partial charge is 0.442 e. The summed E-state index contributed by atoms with van der Waals surface area (Å²) in [6.07, 6.45) is 3.76. The summed E-state index contributed by atoms with van der Waals surface area (Å²) in [5, 5.41) is 6.85. The van der Waals surface area contributed by atoms with Crippen LogP contribution in [0.25, 0.3) is 11.1 Å². The van der Waals surface area contributed by atoms with Gasteiger partial charge in [0, 0.05) is 34.9 Å². The van der Waals surface area contributed by atoms with Crippen LogP contribution < -0.4 is 10.2 Å². The Labute approximate surface area is 225 Å². The van der Waals surface area contributed by atoms with E-state index >= 15 is 4.39 Å². The lowest BCUT2D eigenvalue weighted by molar-refractivity contribution is -0.119. The van der Waals surface area contributed by atoms with E-state index in [-0.39, 0.29) is 29.1 Å². The van der Waals surface area contributed by atoms with Crippen molar-refractivity contribution in [2.24, 2.45) is 5.16 Å². The molecule has 0 bridgehead atoms. The molecule has 0 aromatic heterocycles. The summed E-state index contributed by atoms with van der Waals surface area (Å²) in [5.41, 5.74) is 3.15. The van der Waals surface area contributed by atoms with Crippen LogP contribution in [0.15, 0.2) is 47.6 Å². The lowest BCUT2D eigenvalue weighted by Gasteiger charge is -2.44. The number of nitrogens with zero attached hydrogens (tertiary/aromatic N) is 2. The molecule has 0 spiro atoms. The summed E-state index contributed by atoms with van der Waals surface area (Å²) in [6.45, 7) is 8.95. The Kier molecular flexibility index (Phi) is 8.04. The Morgan fingerprint density at radius 2 is 1.84 bits per heavy atom. The minimum absolute atomic E-state index is 0.0560. The number of carbonyl (C=O) groups excluding carboxylic acids is 2.